The van der Waals surface area contributed by atoms with Crippen molar-refractivity contribution in [1.29, 1.82) is 0 Å². The number of rotatable bonds is 3. The number of halogens is 2. The zero-order valence-electron chi connectivity index (χ0n) is 5.82. The fraction of sp³-hybridized carbons (Fsp3) is 0.667. The van der Waals surface area contributed by atoms with Crippen LogP contribution in [0.4, 0.5) is 0 Å². The van der Waals surface area contributed by atoms with E-state index in [1.807, 2.05) is 0 Å². The lowest BCUT2D eigenvalue weighted by molar-refractivity contribution is 1.04. The van der Waals surface area contributed by atoms with Crippen molar-refractivity contribution in [3.05, 3.63) is 12.7 Å². The van der Waals surface area contributed by atoms with Gasteiger partial charge in [0.2, 0.25) is 0 Å². The van der Waals surface area contributed by atoms with Crippen molar-refractivity contribution in [1.82, 2.24) is 0 Å². The third-order valence-corrected chi connectivity index (χ3v) is 7.33. The Kier molecular flexibility index (Phi) is 3.86. The highest BCUT2D eigenvalue weighted by Gasteiger charge is 2.30. The molecular formula is C6H12Cl2Si. The van der Waals surface area contributed by atoms with E-state index >= 15 is 0 Å². The summed E-state index contributed by atoms with van der Waals surface area (Å²) in [6, 6.07) is 0.785. The second-order valence-corrected chi connectivity index (χ2v) is 10.1. The molecule has 0 atom stereocenters. The van der Waals surface area contributed by atoms with E-state index in [-0.39, 0.29) is 0 Å². The van der Waals surface area contributed by atoms with Crippen LogP contribution in [0.1, 0.15) is 13.8 Å². The smallest absolute Gasteiger partial charge is 0.145 e. The van der Waals surface area contributed by atoms with Gasteiger partial charge >= 0.3 is 0 Å². The van der Waals surface area contributed by atoms with Crippen LogP contribution >= 0.6 is 22.2 Å². The lowest BCUT2D eigenvalue weighted by Crippen LogP contribution is -2.21. The minimum absolute atomic E-state index is 0.416. The molecule has 0 aromatic carbocycles. The third-order valence-electron chi connectivity index (χ3n) is 1.26. The van der Waals surface area contributed by atoms with Crippen LogP contribution in [-0.2, 0) is 0 Å². The van der Waals surface area contributed by atoms with Gasteiger partial charge < -0.3 is 0 Å². The van der Waals surface area contributed by atoms with E-state index in [2.05, 4.69) is 20.4 Å². The summed E-state index contributed by atoms with van der Waals surface area (Å²) >= 11 is 12.0. The summed E-state index contributed by atoms with van der Waals surface area (Å²) in [5.41, 5.74) is 0.416. The van der Waals surface area contributed by atoms with E-state index in [1.165, 1.54) is 0 Å². The highest BCUT2D eigenvalue weighted by Crippen LogP contribution is 2.32. The fourth-order valence-corrected chi connectivity index (χ4v) is 1.94. The average molecular weight is 183 g/mol. The van der Waals surface area contributed by atoms with Crippen LogP contribution < -0.4 is 0 Å². The summed E-state index contributed by atoms with van der Waals surface area (Å²) < 4.78 is 0. The van der Waals surface area contributed by atoms with E-state index in [9.17, 15) is 0 Å². The summed E-state index contributed by atoms with van der Waals surface area (Å²) in [6.45, 7) is 5.74. The Morgan fingerprint density at radius 3 is 2.11 bits per heavy atom. The van der Waals surface area contributed by atoms with E-state index in [4.69, 9.17) is 22.2 Å². The summed E-state index contributed by atoms with van der Waals surface area (Å²) in [4.78, 5) is 0. The highest BCUT2D eigenvalue weighted by atomic mass is 35.7. The molecule has 0 saturated carbocycles. The highest BCUT2D eigenvalue weighted by molar-refractivity contribution is 7.46. The molecule has 0 N–H and O–H groups in total. The largest absolute Gasteiger partial charge is 0.257 e. The first-order valence-corrected chi connectivity index (χ1v) is 7.30. The van der Waals surface area contributed by atoms with Gasteiger partial charge in [-0.25, -0.2) is 0 Å². The van der Waals surface area contributed by atoms with Gasteiger partial charge in [0, 0.05) is 0 Å². The van der Waals surface area contributed by atoms with Crippen LogP contribution in [0.5, 0.6) is 0 Å². The predicted molar refractivity (Wildman–Crippen MR) is 47.6 cm³/mol. The normalized spacial score (nSPS) is 12.1. The van der Waals surface area contributed by atoms with Crippen molar-refractivity contribution in [2.24, 2.45) is 0 Å². The van der Waals surface area contributed by atoms with Crippen molar-refractivity contribution in [2.45, 2.75) is 25.4 Å². The lowest BCUT2D eigenvalue weighted by atomic mass is 10.6. The van der Waals surface area contributed by atoms with Crippen LogP contribution in [0.3, 0.4) is 0 Å². The molecule has 0 fully saturated rings. The van der Waals surface area contributed by atoms with Gasteiger partial charge in [0.1, 0.15) is 0 Å². The molecule has 0 rings (SSSR count). The second-order valence-electron chi connectivity index (χ2n) is 2.41. The van der Waals surface area contributed by atoms with Gasteiger partial charge in [-0.3, -0.25) is 0 Å². The van der Waals surface area contributed by atoms with Crippen molar-refractivity contribution in [3.63, 3.8) is 0 Å². The van der Waals surface area contributed by atoms with Crippen molar-refractivity contribution >= 4 is 28.9 Å². The quantitative estimate of drug-likeness (QED) is 0.357. The van der Waals surface area contributed by atoms with E-state index in [0.29, 0.717) is 5.54 Å². The standard InChI is InChI=1S/C6H12Cl2Si/c1-4-5-9(7,8)6(2)3/h4,6H,1,5H2,2-3H3. The molecule has 0 aromatic heterocycles. The average Bonchev–Trinajstić information content (AvgIpc) is 1.65. The minimum atomic E-state index is -1.95. The maximum Gasteiger partial charge on any atom is 0.257 e. The Morgan fingerprint density at radius 2 is 2.00 bits per heavy atom. The summed E-state index contributed by atoms with van der Waals surface area (Å²) in [5.74, 6) is 0. The number of hydrogen-bond donors (Lipinski definition) is 0. The summed E-state index contributed by atoms with van der Waals surface area (Å²) in [6.07, 6.45) is 1.80. The van der Waals surface area contributed by atoms with Gasteiger partial charge in [0.05, 0.1) is 0 Å². The molecule has 0 bridgehead atoms. The molecule has 0 aromatic rings. The van der Waals surface area contributed by atoms with E-state index < -0.39 is 6.69 Å². The SMILES string of the molecule is C=CC[Si](Cl)(Cl)C(C)C. The van der Waals surface area contributed by atoms with Crippen LogP contribution in [-0.4, -0.2) is 6.69 Å². The Hall–Kier alpha value is 0.537. The van der Waals surface area contributed by atoms with Crippen molar-refractivity contribution < 1.29 is 0 Å². The van der Waals surface area contributed by atoms with Crippen LogP contribution in [0, 0.1) is 0 Å². The Morgan fingerprint density at radius 1 is 1.56 bits per heavy atom. The van der Waals surface area contributed by atoms with E-state index in [0.717, 1.165) is 6.04 Å². The summed E-state index contributed by atoms with van der Waals surface area (Å²) in [5, 5.41) is 0. The molecule has 0 aliphatic rings. The Balaban J connectivity index is 3.84. The van der Waals surface area contributed by atoms with Gasteiger partial charge in [0.25, 0.3) is 6.69 Å². The molecule has 0 amide bonds. The van der Waals surface area contributed by atoms with Gasteiger partial charge in [-0.05, 0) is 11.6 Å². The Labute approximate surface area is 67.3 Å². The lowest BCUT2D eigenvalue weighted by Gasteiger charge is -2.17. The van der Waals surface area contributed by atoms with Gasteiger partial charge in [-0.1, -0.05) is 19.9 Å². The van der Waals surface area contributed by atoms with E-state index in [1.54, 1.807) is 6.08 Å². The van der Waals surface area contributed by atoms with Gasteiger partial charge in [-0.15, -0.1) is 28.7 Å². The van der Waals surface area contributed by atoms with Crippen molar-refractivity contribution in [3.8, 4) is 0 Å². The maximum absolute atomic E-state index is 6.00. The minimum Gasteiger partial charge on any atom is -0.145 e. The Bertz CT molecular complexity index is 99.2. The fourth-order valence-electron chi connectivity index (χ4n) is 0.428. The zero-order valence-corrected chi connectivity index (χ0v) is 8.34. The monoisotopic (exact) mass is 182 g/mol. The molecule has 0 saturated heterocycles. The maximum atomic E-state index is 6.00. The number of hydrogen-bond acceptors (Lipinski definition) is 0. The third kappa shape index (κ3) is 3.29. The predicted octanol–water partition coefficient (Wildman–Crippen LogP) is 3.50. The molecule has 3 heteroatoms. The summed E-state index contributed by atoms with van der Waals surface area (Å²) in [7, 11) is 0. The first-order chi connectivity index (χ1) is 4.00. The molecule has 0 heterocycles. The molecule has 0 unspecified atom stereocenters. The van der Waals surface area contributed by atoms with Crippen molar-refractivity contribution in [2.75, 3.05) is 0 Å². The topological polar surface area (TPSA) is 0 Å². The molecule has 9 heavy (non-hydrogen) atoms. The molecule has 54 valence electrons. The molecule has 0 aliphatic carbocycles. The molecular weight excluding hydrogens is 171 g/mol. The molecule has 0 spiro atoms. The van der Waals surface area contributed by atoms with Crippen LogP contribution in [0.15, 0.2) is 12.7 Å². The molecule has 0 radical (unpaired) electrons. The first kappa shape index (κ1) is 9.54. The van der Waals surface area contributed by atoms with Gasteiger partial charge in [0.15, 0.2) is 0 Å². The first-order valence-electron chi connectivity index (χ1n) is 2.99. The van der Waals surface area contributed by atoms with Crippen LogP contribution in [0.25, 0.3) is 0 Å². The number of allylic oxidation sites excluding steroid dienone is 1. The second kappa shape index (κ2) is 3.64. The molecule has 0 nitrogen and oxygen atoms in total. The van der Waals surface area contributed by atoms with Crippen LogP contribution in [0.2, 0.25) is 11.6 Å². The van der Waals surface area contributed by atoms with Gasteiger partial charge in [-0.2, -0.15) is 0 Å². The molecule has 0 aliphatic heterocycles. The zero-order chi connectivity index (χ0) is 7.49.